The lowest BCUT2D eigenvalue weighted by atomic mass is 10.1. The number of carboxylic acids is 1. The van der Waals surface area contributed by atoms with Crippen LogP contribution in [0.4, 0.5) is 5.69 Å². The molecule has 0 aromatic heterocycles. The molecule has 0 heterocycles. The maximum atomic E-state index is 10.9. The van der Waals surface area contributed by atoms with Gasteiger partial charge in [0.1, 0.15) is 6.04 Å². The summed E-state index contributed by atoms with van der Waals surface area (Å²) in [6.45, 7) is 3.67. The van der Waals surface area contributed by atoms with Gasteiger partial charge in [-0.25, -0.2) is 4.79 Å². The topological polar surface area (TPSA) is 73.1 Å². The Labute approximate surface area is 94.5 Å². The van der Waals surface area contributed by atoms with Crippen LogP contribution in [0.1, 0.15) is 24.5 Å². The van der Waals surface area contributed by atoms with Crippen LogP contribution in [-0.4, -0.2) is 17.1 Å². The van der Waals surface area contributed by atoms with Crippen molar-refractivity contribution in [1.82, 2.24) is 0 Å². The molecule has 16 heavy (non-hydrogen) atoms. The van der Waals surface area contributed by atoms with Crippen LogP contribution in [0, 0.1) is 18.3 Å². The van der Waals surface area contributed by atoms with Gasteiger partial charge in [0, 0.05) is 5.69 Å². The number of aliphatic carboxylic acids is 1. The van der Waals surface area contributed by atoms with Gasteiger partial charge >= 0.3 is 5.97 Å². The van der Waals surface area contributed by atoms with Crippen LogP contribution in [0.25, 0.3) is 0 Å². The van der Waals surface area contributed by atoms with Gasteiger partial charge in [-0.3, -0.25) is 0 Å². The average molecular weight is 218 g/mol. The molecule has 2 N–H and O–H groups in total. The first-order valence-corrected chi connectivity index (χ1v) is 5.08. The zero-order chi connectivity index (χ0) is 12.1. The summed E-state index contributed by atoms with van der Waals surface area (Å²) in [5, 5.41) is 20.6. The number of hydrogen-bond acceptors (Lipinski definition) is 3. The van der Waals surface area contributed by atoms with E-state index in [1.165, 1.54) is 0 Å². The highest BCUT2D eigenvalue weighted by Crippen LogP contribution is 2.18. The SMILES string of the molecule is CCC(Nc1cc(C#N)ccc1C)C(=O)O. The summed E-state index contributed by atoms with van der Waals surface area (Å²) in [7, 11) is 0. The second-order valence-corrected chi connectivity index (χ2v) is 3.58. The molecule has 1 aromatic carbocycles. The highest BCUT2D eigenvalue weighted by atomic mass is 16.4. The van der Waals surface area contributed by atoms with Gasteiger partial charge < -0.3 is 10.4 Å². The van der Waals surface area contributed by atoms with Gasteiger partial charge in [0.05, 0.1) is 11.6 Å². The molecule has 0 aliphatic rings. The minimum atomic E-state index is -0.885. The summed E-state index contributed by atoms with van der Waals surface area (Å²) in [4.78, 5) is 10.9. The van der Waals surface area contributed by atoms with Gasteiger partial charge in [-0.05, 0) is 31.0 Å². The summed E-state index contributed by atoms with van der Waals surface area (Å²) in [5.41, 5.74) is 2.15. The molecular weight excluding hydrogens is 204 g/mol. The van der Waals surface area contributed by atoms with E-state index in [2.05, 4.69) is 5.32 Å². The van der Waals surface area contributed by atoms with Crippen molar-refractivity contribution in [3.8, 4) is 6.07 Å². The molecular formula is C12H14N2O2. The monoisotopic (exact) mass is 218 g/mol. The highest BCUT2D eigenvalue weighted by Gasteiger charge is 2.15. The van der Waals surface area contributed by atoms with E-state index in [-0.39, 0.29) is 0 Å². The zero-order valence-corrected chi connectivity index (χ0v) is 9.32. The molecule has 0 fully saturated rings. The van der Waals surface area contributed by atoms with E-state index >= 15 is 0 Å². The smallest absolute Gasteiger partial charge is 0.326 e. The van der Waals surface area contributed by atoms with Crippen molar-refractivity contribution in [2.75, 3.05) is 5.32 Å². The van der Waals surface area contributed by atoms with Crippen LogP contribution >= 0.6 is 0 Å². The molecule has 0 radical (unpaired) electrons. The van der Waals surface area contributed by atoms with E-state index < -0.39 is 12.0 Å². The lowest BCUT2D eigenvalue weighted by Gasteiger charge is -2.15. The molecule has 1 aromatic rings. The Morgan fingerprint density at radius 2 is 2.31 bits per heavy atom. The largest absolute Gasteiger partial charge is 0.480 e. The molecule has 4 nitrogen and oxygen atoms in total. The third kappa shape index (κ3) is 2.74. The summed E-state index contributed by atoms with van der Waals surface area (Å²) >= 11 is 0. The molecule has 0 bridgehead atoms. The Balaban J connectivity index is 2.96. The molecule has 0 aliphatic heterocycles. The third-order valence-corrected chi connectivity index (χ3v) is 2.40. The van der Waals surface area contributed by atoms with Crippen molar-refractivity contribution in [1.29, 1.82) is 5.26 Å². The number of carboxylic acid groups (broad SMARTS) is 1. The summed E-state index contributed by atoms with van der Waals surface area (Å²) in [6, 6.07) is 6.59. The summed E-state index contributed by atoms with van der Waals surface area (Å²) in [5.74, 6) is -0.885. The first-order valence-electron chi connectivity index (χ1n) is 5.08. The van der Waals surface area contributed by atoms with Gasteiger partial charge in [-0.1, -0.05) is 13.0 Å². The molecule has 0 amide bonds. The first-order chi connectivity index (χ1) is 7.58. The number of hydrogen-bond donors (Lipinski definition) is 2. The van der Waals surface area contributed by atoms with Crippen molar-refractivity contribution in [3.05, 3.63) is 29.3 Å². The number of nitrogens with zero attached hydrogens (tertiary/aromatic N) is 1. The van der Waals surface area contributed by atoms with E-state index in [1.54, 1.807) is 25.1 Å². The van der Waals surface area contributed by atoms with Crippen LogP contribution in [0.15, 0.2) is 18.2 Å². The maximum absolute atomic E-state index is 10.9. The van der Waals surface area contributed by atoms with Gasteiger partial charge in [-0.2, -0.15) is 5.26 Å². The third-order valence-electron chi connectivity index (χ3n) is 2.40. The molecule has 84 valence electrons. The summed E-state index contributed by atoms with van der Waals surface area (Å²) < 4.78 is 0. The van der Waals surface area contributed by atoms with Crippen molar-refractivity contribution in [2.45, 2.75) is 26.3 Å². The van der Waals surface area contributed by atoms with Gasteiger partial charge in [-0.15, -0.1) is 0 Å². The Morgan fingerprint density at radius 3 is 2.81 bits per heavy atom. The van der Waals surface area contributed by atoms with Crippen molar-refractivity contribution in [3.63, 3.8) is 0 Å². The number of nitrogens with one attached hydrogen (secondary N) is 1. The zero-order valence-electron chi connectivity index (χ0n) is 9.32. The van der Waals surface area contributed by atoms with Crippen LogP contribution < -0.4 is 5.32 Å². The van der Waals surface area contributed by atoms with Crippen LogP contribution in [0.3, 0.4) is 0 Å². The minimum absolute atomic E-state index is 0.492. The molecule has 0 aliphatic carbocycles. The predicted molar refractivity (Wildman–Crippen MR) is 61.2 cm³/mol. The van der Waals surface area contributed by atoms with Crippen LogP contribution in [-0.2, 0) is 4.79 Å². The predicted octanol–water partition coefficient (Wildman–Crippen LogP) is 2.14. The Kier molecular flexibility index (Phi) is 3.90. The fraction of sp³-hybridized carbons (Fsp3) is 0.333. The van der Waals surface area contributed by atoms with Gasteiger partial charge in [0.2, 0.25) is 0 Å². The van der Waals surface area contributed by atoms with Gasteiger partial charge in [0.25, 0.3) is 0 Å². The summed E-state index contributed by atoms with van der Waals surface area (Å²) in [6.07, 6.45) is 0.492. The van der Waals surface area contributed by atoms with E-state index in [0.29, 0.717) is 17.7 Å². The quantitative estimate of drug-likeness (QED) is 0.812. The number of anilines is 1. The molecule has 4 heteroatoms. The number of nitriles is 1. The van der Waals surface area contributed by atoms with Crippen molar-refractivity contribution >= 4 is 11.7 Å². The maximum Gasteiger partial charge on any atom is 0.326 e. The Hall–Kier alpha value is -2.02. The van der Waals surface area contributed by atoms with Crippen molar-refractivity contribution < 1.29 is 9.90 Å². The molecule has 0 saturated heterocycles. The standard InChI is InChI=1S/C12H14N2O2/c1-3-10(12(15)16)14-11-6-9(7-13)5-4-8(11)2/h4-6,10,14H,3H2,1-2H3,(H,15,16). The van der Waals surface area contributed by atoms with Crippen molar-refractivity contribution in [2.24, 2.45) is 0 Å². The molecule has 0 spiro atoms. The molecule has 1 atom stereocenters. The molecule has 1 rings (SSSR count). The van der Waals surface area contributed by atoms with E-state index in [1.807, 2.05) is 13.0 Å². The Bertz CT molecular complexity index is 435. The highest BCUT2D eigenvalue weighted by molar-refractivity contribution is 5.77. The van der Waals surface area contributed by atoms with Crippen LogP contribution in [0.5, 0.6) is 0 Å². The normalized spacial score (nSPS) is 11.6. The van der Waals surface area contributed by atoms with Gasteiger partial charge in [0.15, 0.2) is 0 Å². The number of aryl methyl sites for hydroxylation is 1. The van der Waals surface area contributed by atoms with E-state index in [0.717, 1.165) is 5.56 Å². The minimum Gasteiger partial charge on any atom is -0.480 e. The van der Waals surface area contributed by atoms with Crippen LogP contribution in [0.2, 0.25) is 0 Å². The van der Waals surface area contributed by atoms with E-state index in [4.69, 9.17) is 10.4 Å². The Morgan fingerprint density at radius 1 is 1.62 bits per heavy atom. The lowest BCUT2D eigenvalue weighted by Crippen LogP contribution is -2.28. The fourth-order valence-electron chi connectivity index (χ4n) is 1.37. The lowest BCUT2D eigenvalue weighted by molar-refractivity contribution is -0.137. The fourth-order valence-corrected chi connectivity index (χ4v) is 1.37. The number of benzene rings is 1. The first kappa shape index (κ1) is 12.1. The second kappa shape index (κ2) is 5.17. The van der Waals surface area contributed by atoms with E-state index in [9.17, 15) is 4.79 Å². The molecule has 1 unspecified atom stereocenters. The average Bonchev–Trinajstić information content (AvgIpc) is 2.27. The molecule has 0 saturated carbocycles. The number of carbonyl (C=O) groups is 1. The number of rotatable bonds is 4. The second-order valence-electron chi connectivity index (χ2n) is 3.58.